The second-order valence-corrected chi connectivity index (χ2v) is 4.56. The SMILES string of the molecule is Nc1nc2nc(-c3cccc4c3OCCO4)[nH]c2c(=O)[nH]1. The largest absolute Gasteiger partial charge is 0.486 e. The van der Waals surface area contributed by atoms with Crippen molar-refractivity contribution >= 4 is 17.1 Å². The fourth-order valence-electron chi connectivity index (χ4n) is 2.31. The van der Waals surface area contributed by atoms with Crippen LogP contribution in [0.5, 0.6) is 11.5 Å². The maximum absolute atomic E-state index is 11.8. The van der Waals surface area contributed by atoms with Gasteiger partial charge in [-0.2, -0.15) is 4.98 Å². The average Bonchev–Trinajstić information content (AvgIpc) is 2.90. The second kappa shape index (κ2) is 4.23. The van der Waals surface area contributed by atoms with Crippen molar-refractivity contribution in [3.8, 4) is 22.9 Å². The standard InChI is InChI=1S/C13H11N5O3/c14-13-17-11-8(12(19)18-13)15-10(16-11)6-2-1-3-7-9(6)21-5-4-20-7/h1-3H,4-5H2,(H4,14,15,16,17,18,19). The van der Waals surface area contributed by atoms with Crippen molar-refractivity contribution < 1.29 is 9.47 Å². The Kier molecular flexibility index (Phi) is 2.37. The fraction of sp³-hybridized carbons (Fsp3) is 0.154. The van der Waals surface area contributed by atoms with E-state index in [9.17, 15) is 4.79 Å². The molecule has 1 aliphatic heterocycles. The summed E-state index contributed by atoms with van der Waals surface area (Å²) in [6.45, 7) is 0.977. The summed E-state index contributed by atoms with van der Waals surface area (Å²) < 4.78 is 11.2. The average molecular weight is 285 g/mol. The summed E-state index contributed by atoms with van der Waals surface area (Å²) in [5.74, 6) is 1.77. The normalized spacial score (nSPS) is 13.5. The number of imidazole rings is 1. The van der Waals surface area contributed by atoms with Gasteiger partial charge in [-0.3, -0.25) is 9.78 Å². The molecule has 0 bridgehead atoms. The van der Waals surface area contributed by atoms with E-state index in [-0.39, 0.29) is 22.7 Å². The zero-order valence-electron chi connectivity index (χ0n) is 10.8. The Bertz CT molecular complexity index is 898. The van der Waals surface area contributed by atoms with Gasteiger partial charge in [-0.15, -0.1) is 0 Å². The van der Waals surface area contributed by atoms with E-state index in [4.69, 9.17) is 15.2 Å². The lowest BCUT2D eigenvalue weighted by molar-refractivity contribution is 0.172. The van der Waals surface area contributed by atoms with Gasteiger partial charge in [0.1, 0.15) is 19.0 Å². The number of nitrogens with one attached hydrogen (secondary N) is 2. The predicted molar refractivity (Wildman–Crippen MR) is 75.3 cm³/mol. The van der Waals surface area contributed by atoms with Crippen LogP contribution in [0.3, 0.4) is 0 Å². The molecule has 0 spiro atoms. The maximum atomic E-state index is 11.8. The molecule has 1 aromatic carbocycles. The highest BCUT2D eigenvalue weighted by Crippen LogP contribution is 2.38. The molecular formula is C13H11N5O3. The van der Waals surface area contributed by atoms with E-state index in [1.807, 2.05) is 18.2 Å². The summed E-state index contributed by atoms with van der Waals surface area (Å²) in [6.07, 6.45) is 0. The van der Waals surface area contributed by atoms with Crippen molar-refractivity contribution in [3.05, 3.63) is 28.6 Å². The Balaban J connectivity index is 1.95. The lowest BCUT2D eigenvalue weighted by atomic mass is 10.1. The van der Waals surface area contributed by atoms with E-state index in [2.05, 4.69) is 19.9 Å². The van der Waals surface area contributed by atoms with Gasteiger partial charge in [0.05, 0.1) is 5.56 Å². The van der Waals surface area contributed by atoms with Gasteiger partial charge in [0.2, 0.25) is 5.95 Å². The molecule has 3 aromatic rings. The van der Waals surface area contributed by atoms with E-state index in [0.717, 1.165) is 0 Å². The highest BCUT2D eigenvalue weighted by Gasteiger charge is 2.19. The molecule has 8 heteroatoms. The van der Waals surface area contributed by atoms with Crippen LogP contribution in [0.2, 0.25) is 0 Å². The number of nitrogens with two attached hydrogens (primary N) is 1. The number of rotatable bonds is 1. The maximum Gasteiger partial charge on any atom is 0.278 e. The molecule has 8 nitrogen and oxygen atoms in total. The topological polar surface area (TPSA) is 119 Å². The van der Waals surface area contributed by atoms with Gasteiger partial charge < -0.3 is 20.2 Å². The summed E-state index contributed by atoms with van der Waals surface area (Å²) in [5.41, 5.74) is 6.40. The fourth-order valence-corrected chi connectivity index (χ4v) is 2.31. The monoisotopic (exact) mass is 285 g/mol. The molecule has 0 aliphatic carbocycles. The van der Waals surface area contributed by atoms with Crippen molar-refractivity contribution in [2.45, 2.75) is 0 Å². The van der Waals surface area contributed by atoms with Gasteiger partial charge in [-0.05, 0) is 12.1 Å². The number of para-hydroxylation sites is 1. The summed E-state index contributed by atoms with van der Waals surface area (Å²) in [5, 5.41) is 0. The molecule has 21 heavy (non-hydrogen) atoms. The number of hydrogen-bond donors (Lipinski definition) is 3. The number of benzene rings is 1. The molecule has 0 fully saturated rings. The first-order valence-corrected chi connectivity index (χ1v) is 6.37. The van der Waals surface area contributed by atoms with Crippen LogP contribution in [0.4, 0.5) is 5.95 Å². The van der Waals surface area contributed by atoms with Gasteiger partial charge in [-0.25, -0.2) is 4.98 Å². The summed E-state index contributed by atoms with van der Waals surface area (Å²) in [6, 6.07) is 5.49. The molecule has 4 N–H and O–H groups in total. The summed E-state index contributed by atoms with van der Waals surface area (Å²) in [7, 11) is 0. The Morgan fingerprint density at radius 3 is 2.90 bits per heavy atom. The molecule has 0 saturated carbocycles. The number of aromatic nitrogens is 4. The number of H-pyrrole nitrogens is 2. The quantitative estimate of drug-likeness (QED) is 0.604. The van der Waals surface area contributed by atoms with Crippen molar-refractivity contribution in [1.29, 1.82) is 0 Å². The zero-order chi connectivity index (χ0) is 14.4. The molecule has 4 rings (SSSR count). The third kappa shape index (κ3) is 1.80. The number of aromatic amines is 2. The van der Waals surface area contributed by atoms with Gasteiger partial charge in [-0.1, -0.05) is 6.07 Å². The van der Waals surface area contributed by atoms with E-state index < -0.39 is 0 Å². The first kappa shape index (κ1) is 11.8. The second-order valence-electron chi connectivity index (χ2n) is 4.56. The van der Waals surface area contributed by atoms with Crippen LogP contribution in [0.1, 0.15) is 0 Å². The summed E-state index contributed by atoms with van der Waals surface area (Å²) >= 11 is 0. The summed E-state index contributed by atoms with van der Waals surface area (Å²) in [4.78, 5) is 25.5. The third-order valence-corrected chi connectivity index (χ3v) is 3.20. The number of hydrogen-bond acceptors (Lipinski definition) is 6. The van der Waals surface area contributed by atoms with E-state index >= 15 is 0 Å². The van der Waals surface area contributed by atoms with Gasteiger partial charge in [0, 0.05) is 0 Å². The first-order chi connectivity index (χ1) is 10.2. The number of nitrogen functional groups attached to an aromatic ring is 1. The van der Waals surface area contributed by atoms with Gasteiger partial charge in [0.15, 0.2) is 22.7 Å². The predicted octanol–water partition coefficient (Wildman–Crippen LogP) is 0.667. The molecule has 3 heterocycles. The Morgan fingerprint density at radius 1 is 1.14 bits per heavy atom. The lowest BCUT2D eigenvalue weighted by Crippen LogP contribution is -2.15. The Hall–Kier alpha value is -3.03. The van der Waals surface area contributed by atoms with E-state index in [1.54, 1.807) is 0 Å². The number of anilines is 1. The number of ether oxygens (including phenoxy) is 2. The highest BCUT2D eigenvalue weighted by molar-refractivity contribution is 5.78. The van der Waals surface area contributed by atoms with Crippen molar-refractivity contribution in [1.82, 2.24) is 19.9 Å². The Labute approximate surface area is 117 Å². The van der Waals surface area contributed by atoms with Crippen LogP contribution >= 0.6 is 0 Å². The first-order valence-electron chi connectivity index (χ1n) is 6.37. The lowest BCUT2D eigenvalue weighted by Gasteiger charge is -2.20. The van der Waals surface area contributed by atoms with Crippen LogP contribution < -0.4 is 20.8 Å². The molecule has 1 aliphatic rings. The molecule has 0 saturated heterocycles. The van der Waals surface area contributed by atoms with Crippen molar-refractivity contribution in [2.24, 2.45) is 0 Å². The van der Waals surface area contributed by atoms with E-state index in [1.165, 1.54) is 0 Å². The molecule has 0 radical (unpaired) electrons. The minimum absolute atomic E-state index is 0.0280. The minimum Gasteiger partial charge on any atom is -0.486 e. The molecule has 106 valence electrons. The van der Waals surface area contributed by atoms with Crippen LogP contribution in [-0.2, 0) is 0 Å². The Morgan fingerprint density at radius 2 is 2.00 bits per heavy atom. The molecular weight excluding hydrogens is 274 g/mol. The smallest absolute Gasteiger partial charge is 0.278 e. The van der Waals surface area contributed by atoms with Crippen LogP contribution in [-0.4, -0.2) is 33.1 Å². The molecule has 0 amide bonds. The van der Waals surface area contributed by atoms with Crippen molar-refractivity contribution in [2.75, 3.05) is 18.9 Å². The van der Waals surface area contributed by atoms with Crippen LogP contribution in [0, 0.1) is 0 Å². The molecule has 0 atom stereocenters. The zero-order valence-corrected chi connectivity index (χ0v) is 10.8. The van der Waals surface area contributed by atoms with Crippen LogP contribution in [0.15, 0.2) is 23.0 Å². The minimum atomic E-state index is -0.363. The third-order valence-electron chi connectivity index (χ3n) is 3.20. The van der Waals surface area contributed by atoms with Crippen molar-refractivity contribution in [3.63, 3.8) is 0 Å². The highest BCUT2D eigenvalue weighted by atomic mass is 16.6. The van der Waals surface area contributed by atoms with Gasteiger partial charge in [0.25, 0.3) is 5.56 Å². The number of nitrogens with zero attached hydrogens (tertiary/aromatic N) is 2. The molecule has 2 aromatic heterocycles. The van der Waals surface area contributed by atoms with E-state index in [0.29, 0.717) is 36.1 Å². The number of fused-ring (bicyclic) bond motifs is 2. The van der Waals surface area contributed by atoms with Crippen LogP contribution in [0.25, 0.3) is 22.6 Å². The van der Waals surface area contributed by atoms with Gasteiger partial charge >= 0.3 is 0 Å². The molecule has 0 unspecified atom stereocenters.